The van der Waals surface area contributed by atoms with Crippen molar-refractivity contribution in [2.24, 2.45) is 0 Å². The second-order valence-electron chi connectivity index (χ2n) is 5.49. The first kappa shape index (κ1) is 17.0. The number of amides is 1. The number of hydrogen-bond acceptors (Lipinski definition) is 7. The summed E-state index contributed by atoms with van der Waals surface area (Å²) in [6.07, 6.45) is 0.00239. The van der Waals surface area contributed by atoms with Crippen molar-refractivity contribution in [3.8, 4) is 0 Å². The van der Waals surface area contributed by atoms with Gasteiger partial charge in [0, 0.05) is 20.2 Å². The molecule has 1 aliphatic rings. The zero-order chi connectivity index (χ0) is 16.8. The van der Waals surface area contributed by atoms with E-state index in [0.29, 0.717) is 31.4 Å². The number of morpholine rings is 1. The average molecular weight is 348 g/mol. The molecule has 1 aromatic carbocycles. The predicted octanol–water partition coefficient (Wildman–Crippen LogP) is 1.70. The number of carbonyl (C=O) groups excluding carboxylic acids is 1. The largest absolute Gasteiger partial charge is 0.377 e. The van der Waals surface area contributed by atoms with Gasteiger partial charge < -0.3 is 9.47 Å². The van der Waals surface area contributed by atoms with Gasteiger partial charge in [0.1, 0.15) is 11.6 Å². The van der Waals surface area contributed by atoms with Crippen molar-refractivity contribution in [2.75, 3.05) is 38.7 Å². The van der Waals surface area contributed by atoms with Gasteiger partial charge in [-0.2, -0.15) is 0 Å². The van der Waals surface area contributed by atoms with Gasteiger partial charge in [0.25, 0.3) is 0 Å². The van der Waals surface area contributed by atoms with Crippen molar-refractivity contribution in [2.45, 2.75) is 12.7 Å². The molecule has 1 N–H and O–H groups in total. The molecule has 8 heteroatoms. The molecule has 0 unspecified atom stereocenters. The summed E-state index contributed by atoms with van der Waals surface area (Å²) in [5, 5.41) is 11.9. The van der Waals surface area contributed by atoms with E-state index in [9.17, 15) is 4.79 Å². The fourth-order valence-corrected chi connectivity index (χ4v) is 3.29. The summed E-state index contributed by atoms with van der Waals surface area (Å²) in [5.41, 5.74) is 1.14. The summed E-state index contributed by atoms with van der Waals surface area (Å²) in [4.78, 5) is 14.3. The molecule has 1 saturated heterocycles. The minimum Gasteiger partial charge on any atom is -0.377 e. The Hall–Kier alpha value is -1.87. The van der Waals surface area contributed by atoms with E-state index in [-0.39, 0.29) is 12.0 Å². The molecule has 0 aliphatic carbocycles. The normalized spacial score (nSPS) is 18.5. The molecule has 0 saturated carbocycles. The summed E-state index contributed by atoms with van der Waals surface area (Å²) >= 11 is 1.32. The van der Waals surface area contributed by atoms with Crippen LogP contribution in [0.4, 0.5) is 5.13 Å². The Morgan fingerprint density at radius 1 is 1.42 bits per heavy atom. The van der Waals surface area contributed by atoms with Crippen molar-refractivity contribution in [3.63, 3.8) is 0 Å². The summed E-state index contributed by atoms with van der Waals surface area (Å²) < 4.78 is 10.8. The molecule has 128 valence electrons. The van der Waals surface area contributed by atoms with E-state index < -0.39 is 0 Å². The quantitative estimate of drug-likeness (QED) is 0.856. The van der Waals surface area contributed by atoms with Crippen LogP contribution in [-0.4, -0.2) is 54.4 Å². The third-order valence-corrected chi connectivity index (χ3v) is 4.48. The average Bonchev–Trinajstić information content (AvgIpc) is 3.03. The first-order valence-corrected chi connectivity index (χ1v) is 8.56. The third-order valence-electron chi connectivity index (χ3n) is 3.67. The molecule has 3 rings (SSSR count). The fourth-order valence-electron chi connectivity index (χ4n) is 2.56. The Morgan fingerprint density at radius 3 is 3.04 bits per heavy atom. The van der Waals surface area contributed by atoms with Gasteiger partial charge in [0.2, 0.25) is 11.0 Å². The van der Waals surface area contributed by atoms with Crippen LogP contribution >= 0.6 is 11.3 Å². The van der Waals surface area contributed by atoms with Crippen LogP contribution in [0.1, 0.15) is 16.7 Å². The van der Waals surface area contributed by atoms with Gasteiger partial charge in [0.15, 0.2) is 0 Å². The zero-order valence-electron chi connectivity index (χ0n) is 13.5. The molecule has 24 heavy (non-hydrogen) atoms. The molecular formula is C16H20N4O3S. The lowest BCUT2D eigenvalue weighted by molar-refractivity contribution is -0.119. The fraction of sp³-hybridized carbons (Fsp3) is 0.438. The Labute approximate surface area is 144 Å². The summed E-state index contributed by atoms with van der Waals surface area (Å²) in [7, 11) is 1.60. The molecule has 0 bridgehead atoms. The maximum Gasteiger partial charge on any atom is 0.240 e. The highest BCUT2D eigenvalue weighted by Gasteiger charge is 2.23. The number of anilines is 1. The van der Waals surface area contributed by atoms with Crippen LogP contribution in [0.15, 0.2) is 30.3 Å². The number of carbonyl (C=O) groups is 1. The van der Waals surface area contributed by atoms with Gasteiger partial charge in [-0.05, 0) is 5.56 Å². The summed E-state index contributed by atoms with van der Waals surface area (Å²) in [6.45, 7) is 2.76. The number of methoxy groups -OCH3 is 1. The van der Waals surface area contributed by atoms with E-state index in [1.54, 1.807) is 7.11 Å². The van der Waals surface area contributed by atoms with Crippen LogP contribution in [0, 0.1) is 0 Å². The molecule has 1 aliphatic heterocycles. The van der Waals surface area contributed by atoms with E-state index in [1.807, 2.05) is 30.3 Å². The highest BCUT2D eigenvalue weighted by atomic mass is 32.1. The number of rotatable bonds is 6. The first-order valence-electron chi connectivity index (χ1n) is 7.74. The number of aromatic nitrogens is 2. The number of nitrogens with one attached hydrogen (secondary N) is 1. The lowest BCUT2D eigenvalue weighted by atomic mass is 10.1. The van der Waals surface area contributed by atoms with Crippen LogP contribution in [0.2, 0.25) is 0 Å². The molecule has 1 fully saturated rings. The van der Waals surface area contributed by atoms with Crippen LogP contribution in [-0.2, 0) is 20.9 Å². The predicted molar refractivity (Wildman–Crippen MR) is 90.8 cm³/mol. The van der Waals surface area contributed by atoms with Gasteiger partial charge in [0.05, 0.1) is 19.3 Å². The van der Waals surface area contributed by atoms with Gasteiger partial charge in [-0.1, -0.05) is 41.7 Å². The topological polar surface area (TPSA) is 76.6 Å². The van der Waals surface area contributed by atoms with E-state index in [4.69, 9.17) is 9.47 Å². The highest BCUT2D eigenvalue weighted by Crippen LogP contribution is 2.22. The molecule has 2 aromatic rings. The Kier molecular flexibility index (Phi) is 5.86. The standard InChI is InChI=1S/C16H20N4O3S/c1-22-11-15-18-19-16(24-15)17-14(21)10-20-7-8-23-13(9-20)12-5-3-2-4-6-12/h2-6,13H,7-11H2,1H3,(H,17,19,21)/t13-/m0/s1. The van der Waals surface area contributed by atoms with E-state index >= 15 is 0 Å². The van der Waals surface area contributed by atoms with Crippen molar-refractivity contribution >= 4 is 22.4 Å². The number of benzene rings is 1. The minimum absolute atomic E-state index is 0.00239. The van der Waals surface area contributed by atoms with Crippen LogP contribution in [0.25, 0.3) is 0 Å². The van der Waals surface area contributed by atoms with Crippen molar-refractivity contribution < 1.29 is 14.3 Å². The maximum atomic E-state index is 12.2. The lowest BCUT2D eigenvalue weighted by Gasteiger charge is -2.32. The van der Waals surface area contributed by atoms with Gasteiger partial charge in [-0.15, -0.1) is 10.2 Å². The summed E-state index contributed by atoms with van der Waals surface area (Å²) in [6, 6.07) is 10.1. The van der Waals surface area contributed by atoms with Crippen molar-refractivity contribution in [3.05, 3.63) is 40.9 Å². The minimum atomic E-state index is -0.0937. The van der Waals surface area contributed by atoms with Crippen molar-refractivity contribution in [1.29, 1.82) is 0 Å². The molecule has 0 spiro atoms. The van der Waals surface area contributed by atoms with Crippen LogP contribution in [0.5, 0.6) is 0 Å². The number of hydrogen-bond donors (Lipinski definition) is 1. The van der Waals surface area contributed by atoms with Gasteiger partial charge in [-0.3, -0.25) is 15.0 Å². The van der Waals surface area contributed by atoms with Gasteiger partial charge in [-0.25, -0.2) is 0 Å². The van der Waals surface area contributed by atoms with Crippen molar-refractivity contribution in [1.82, 2.24) is 15.1 Å². The van der Waals surface area contributed by atoms with Crippen LogP contribution < -0.4 is 5.32 Å². The second kappa shape index (κ2) is 8.29. The van der Waals surface area contributed by atoms with Gasteiger partial charge >= 0.3 is 0 Å². The number of ether oxygens (including phenoxy) is 2. The van der Waals surface area contributed by atoms with E-state index in [1.165, 1.54) is 11.3 Å². The lowest BCUT2D eigenvalue weighted by Crippen LogP contribution is -2.42. The summed E-state index contributed by atoms with van der Waals surface area (Å²) in [5.74, 6) is -0.0937. The molecule has 1 atom stereocenters. The molecule has 2 heterocycles. The monoisotopic (exact) mass is 348 g/mol. The Balaban J connectivity index is 1.52. The first-order chi connectivity index (χ1) is 11.7. The van der Waals surface area contributed by atoms with E-state index in [2.05, 4.69) is 20.4 Å². The zero-order valence-corrected chi connectivity index (χ0v) is 14.3. The van der Waals surface area contributed by atoms with Crippen LogP contribution in [0.3, 0.4) is 0 Å². The molecular weight excluding hydrogens is 328 g/mol. The maximum absolute atomic E-state index is 12.2. The smallest absolute Gasteiger partial charge is 0.240 e. The molecule has 1 amide bonds. The Bertz CT molecular complexity index is 664. The molecule has 7 nitrogen and oxygen atoms in total. The Morgan fingerprint density at radius 2 is 2.25 bits per heavy atom. The highest BCUT2D eigenvalue weighted by molar-refractivity contribution is 7.15. The number of nitrogens with zero attached hydrogens (tertiary/aromatic N) is 3. The van der Waals surface area contributed by atoms with E-state index in [0.717, 1.165) is 17.1 Å². The third kappa shape index (κ3) is 4.57. The molecule has 0 radical (unpaired) electrons. The molecule has 1 aromatic heterocycles. The second-order valence-corrected chi connectivity index (χ2v) is 6.55. The SMILES string of the molecule is COCc1nnc(NC(=O)CN2CCO[C@H](c3ccccc3)C2)s1.